The molecular formula is C27H38N6O2. The van der Waals surface area contributed by atoms with Gasteiger partial charge in [0.25, 0.3) is 0 Å². The van der Waals surface area contributed by atoms with Crippen molar-refractivity contribution in [2.75, 3.05) is 44.6 Å². The van der Waals surface area contributed by atoms with Crippen LogP contribution in [0.1, 0.15) is 42.5 Å². The number of hydroxylamine groups is 1. The smallest absolute Gasteiger partial charge is 0.143 e. The maximum atomic E-state index is 11.5. The van der Waals surface area contributed by atoms with E-state index in [0.717, 1.165) is 63.1 Å². The molecule has 8 heteroatoms. The van der Waals surface area contributed by atoms with E-state index in [1.165, 1.54) is 30.5 Å². The fourth-order valence-corrected chi connectivity index (χ4v) is 4.80. The minimum Gasteiger partial charge on any atom is -0.374 e. The summed E-state index contributed by atoms with van der Waals surface area (Å²) in [4.78, 5) is 28.6. The molecule has 2 aromatic heterocycles. The number of pyridine rings is 2. The van der Waals surface area contributed by atoms with Crippen LogP contribution >= 0.6 is 0 Å². The molecule has 188 valence electrons. The van der Waals surface area contributed by atoms with Gasteiger partial charge in [0.1, 0.15) is 12.1 Å². The second-order valence-electron chi connectivity index (χ2n) is 9.51. The average Bonchev–Trinajstić information content (AvgIpc) is 2.91. The van der Waals surface area contributed by atoms with E-state index in [4.69, 9.17) is 9.82 Å². The van der Waals surface area contributed by atoms with E-state index in [0.29, 0.717) is 24.8 Å². The molecule has 0 bridgehead atoms. The first-order valence-electron chi connectivity index (χ1n) is 12.8. The van der Waals surface area contributed by atoms with Crippen LogP contribution in [0.15, 0.2) is 43.2 Å². The molecule has 1 saturated heterocycles. The van der Waals surface area contributed by atoms with Crippen LogP contribution in [0.25, 0.3) is 5.70 Å². The Balaban J connectivity index is 1.11. The first kappa shape index (κ1) is 25.3. The van der Waals surface area contributed by atoms with Crippen LogP contribution in [0.3, 0.4) is 0 Å². The number of hydrogen-bond donors (Lipinski definition) is 3. The molecule has 3 N–H and O–H groups in total. The zero-order valence-corrected chi connectivity index (χ0v) is 20.5. The number of carbonyl (C=O) groups is 1. The van der Waals surface area contributed by atoms with E-state index in [9.17, 15) is 4.79 Å². The number of anilines is 1. The minimum atomic E-state index is -0.411. The number of carbonyl (C=O) groups excluding carboxylic acids is 1. The van der Waals surface area contributed by atoms with Crippen molar-refractivity contribution in [1.29, 1.82) is 0 Å². The number of piperidine rings is 1. The Labute approximate surface area is 208 Å². The van der Waals surface area contributed by atoms with Crippen LogP contribution in [0.5, 0.6) is 0 Å². The number of likely N-dealkylation sites (tertiary alicyclic amines) is 1. The highest BCUT2D eigenvalue weighted by Gasteiger charge is 2.20. The molecule has 8 nitrogen and oxygen atoms in total. The molecule has 0 radical (unpaired) electrons. The highest BCUT2D eigenvalue weighted by atomic mass is 16.6. The van der Waals surface area contributed by atoms with E-state index < -0.39 is 6.04 Å². The number of fused-ring (bicyclic) bond motifs is 1. The van der Waals surface area contributed by atoms with Gasteiger partial charge in [0.05, 0.1) is 12.6 Å². The van der Waals surface area contributed by atoms with E-state index in [-0.39, 0.29) is 0 Å². The summed E-state index contributed by atoms with van der Waals surface area (Å²) in [5.74, 6) is 1.59. The molecule has 35 heavy (non-hydrogen) atoms. The molecule has 0 amide bonds. The quantitative estimate of drug-likeness (QED) is 0.230. The molecule has 0 aliphatic carbocycles. The summed E-state index contributed by atoms with van der Waals surface area (Å²) in [5.41, 5.74) is 7.10. The lowest BCUT2D eigenvalue weighted by Gasteiger charge is -2.32. The summed E-state index contributed by atoms with van der Waals surface area (Å²) in [6.07, 6.45) is 11.1. The first-order chi connectivity index (χ1) is 17.2. The topological polar surface area (TPSA) is 91.4 Å². The molecular weight excluding hydrogens is 440 g/mol. The van der Waals surface area contributed by atoms with Crippen LogP contribution in [0, 0.1) is 5.92 Å². The van der Waals surface area contributed by atoms with Gasteiger partial charge < -0.3 is 25.2 Å². The lowest BCUT2D eigenvalue weighted by molar-refractivity contribution is -0.110. The van der Waals surface area contributed by atoms with Crippen molar-refractivity contribution < 1.29 is 9.63 Å². The van der Waals surface area contributed by atoms with E-state index in [2.05, 4.69) is 44.7 Å². The van der Waals surface area contributed by atoms with Gasteiger partial charge in [-0.15, -0.1) is 0 Å². The fraction of sp³-hybridized carbons (Fsp3) is 0.519. The van der Waals surface area contributed by atoms with Crippen LogP contribution in [0.2, 0.25) is 0 Å². The zero-order valence-electron chi connectivity index (χ0n) is 20.5. The number of rotatable bonds is 13. The molecule has 0 aromatic carbocycles. The van der Waals surface area contributed by atoms with Crippen molar-refractivity contribution in [3.63, 3.8) is 0 Å². The predicted molar refractivity (Wildman–Crippen MR) is 139 cm³/mol. The Hall–Kier alpha value is -2.81. The third-order valence-corrected chi connectivity index (χ3v) is 6.74. The third kappa shape index (κ3) is 7.85. The van der Waals surface area contributed by atoms with Crippen LogP contribution in [0.4, 0.5) is 5.82 Å². The molecule has 2 aromatic rings. The Bertz CT molecular complexity index is 954. The highest BCUT2D eigenvalue weighted by molar-refractivity contribution is 5.67. The van der Waals surface area contributed by atoms with Gasteiger partial charge in [-0.2, -0.15) is 0 Å². The van der Waals surface area contributed by atoms with Gasteiger partial charge in [-0.05, 0) is 81.3 Å². The Morgan fingerprint density at radius 3 is 3.03 bits per heavy atom. The summed E-state index contributed by atoms with van der Waals surface area (Å²) in [7, 11) is 0. The highest BCUT2D eigenvalue weighted by Crippen LogP contribution is 2.21. The molecule has 4 heterocycles. The van der Waals surface area contributed by atoms with Crippen molar-refractivity contribution in [3.05, 3.63) is 60.1 Å². The van der Waals surface area contributed by atoms with Crippen LogP contribution in [-0.2, 0) is 22.5 Å². The lowest BCUT2D eigenvalue weighted by atomic mass is 9.98. The van der Waals surface area contributed by atoms with E-state index >= 15 is 0 Å². The Morgan fingerprint density at radius 1 is 1.29 bits per heavy atom. The van der Waals surface area contributed by atoms with Crippen LogP contribution < -0.4 is 16.1 Å². The fourth-order valence-electron chi connectivity index (χ4n) is 4.80. The van der Waals surface area contributed by atoms with Gasteiger partial charge in [-0.3, -0.25) is 4.98 Å². The average molecular weight is 479 g/mol. The summed E-state index contributed by atoms with van der Waals surface area (Å²) in [6, 6.07) is 7.74. The Kier molecular flexibility index (Phi) is 9.63. The maximum absolute atomic E-state index is 11.5. The predicted octanol–water partition coefficient (Wildman–Crippen LogP) is 2.83. The molecule has 1 fully saturated rings. The SMILES string of the molecule is C=C(N[C@H](C=O)CNOC[C@@H]1CCCN(CCCc2ccc3c(n2)NCCC3)C1)c1ccncc1. The second-order valence-corrected chi connectivity index (χ2v) is 9.51. The van der Waals surface area contributed by atoms with Gasteiger partial charge in [-0.1, -0.05) is 12.6 Å². The molecule has 2 aliphatic heterocycles. The molecule has 0 spiro atoms. The molecule has 4 rings (SSSR count). The summed E-state index contributed by atoms with van der Waals surface area (Å²) < 4.78 is 0. The van der Waals surface area contributed by atoms with Crippen molar-refractivity contribution in [3.8, 4) is 0 Å². The monoisotopic (exact) mass is 478 g/mol. The Morgan fingerprint density at radius 2 is 2.17 bits per heavy atom. The zero-order chi connectivity index (χ0) is 24.3. The van der Waals surface area contributed by atoms with Crippen molar-refractivity contribution in [2.45, 2.75) is 44.6 Å². The standard InChI is InChI=1S/C27H38N6O2/c1-21(23-10-13-28-14-11-23)31-26(19-34)17-30-35-20-22-5-3-15-33(18-22)16-4-7-25-9-8-24-6-2-12-29-27(24)32-25/h8-11,13-14,19,22,26,30-31H,1-7,12,15-18,20H2,(H,29,32)/t22-,26+/m1/s1. The normalized spacial score (nSPS) is 18.8. The molecule has 0 saturated carbocycles. The van der Waals surface area contributed by atoms with Crippen molar-refractivity contribution in [2.24, 2.45) is 5.92 Å². The van der Waals surface area contributed by atoms with Crippen molar-refractivity contribution >= 4 is 17.8 Å². The second kappa shape index (κ2) is 13.3. The van der Waals surface area contributed by atoms with Gasteiger partial charge in [0, 0.05) is 49.0 Å². The van der Waals surface area contributed by atoms with Gasteiger partial charge in [0.2, 0.25) is 0 Å². The number of hydrogen-bond acceptors (Lipinski definition) is 8. The van der Waals surface area contributed by atoms with Gasteiger partial charge in [0.15, 0.2) is 0 Å². The van der Waals surface area contributed by atoms with E-state index in [1.54, 1.807) is 12.4 Å². The van der Waals surface area contributed by atoms with Gasteiger partial charge in [-0.25, -0.2) is 10.5 Å². The first-order valence-corrected chi connectivity index (χ1v) is 12.8. The van der Waals surface area contributed by atoms with Gasteiger partial charge >= 0.3 is 0 Å². The minimum absolute atomic E-state index is 0.382. The molecule has 2 atom stereocenters. The number of aldehydes is 1. The largest absolute Gasteiger partial charge is 0.374 e. The number of nitrogens with zero attached hydrogens (tertiary/aromatic N) is 3. The van der Waals surface area contributed by atoms with Crippen LogP contribution in [-0.4, -0.2) is 66.5 Å². The number of nitrogens with one attached hydrogen (secondary N) is 3. The summed E-state index contributed by atoms with van der Waals surface area (Å²) in [6.45, 7) is 9.35. The summed E-state index contributed by atoms with van der Waals surface area (Å²) >= 11 is 0. The van der Waals surface area contributed by atoms with E-state index in [1.807, 2.05) is 12.1 Å². The maximum Gasteiger partial charge on any atom is 0.143 e. The molecule has 2 aliphatic rings. The third-order valence-electron chi connectivity index (χ3n) is 6.74. The summed E-state index contributed by atoms with van der Waals surface area (Å²) in [5, 5.41) is 6.56. The number of aryl methyl sites for hydroxylation is 2. The molecule has 0 unspecified atom stereocenters. The lowest BCUT2D eigenvalue weighted by Crippen LogP contribution is -2.41. The number of aromatic nitrogens is 2. The van der Waals surface area contributed by atoms with Crippen molar-refractivity contribution in [1.82, 2.24) is 25.7 Å².